The van der Waals surface area contributed by atoms with E-state index in [-0.39, 0.29) is 17.7 Å². The molecule has 6 heteroatoms. The summed E-state index contributed by atoms with van der Waals surface area (Å²) in [6.07, 6.45) is 6.70. The number of nitrogens with one attached hydrogen (secondary N) is 1. The maximum Gasteiger partial charge on any atom is 0.254 e. The van der Waals surface area contributed by atoms with Crippen LogP contribution < -0.4 is 10.2 Å². The molecule has 3 heterocycles. The average molecular weight is 421 g/mol. The quantitative estimate of drug-likeness (QED) is 0.803. The zero-order chi connectivity index (χ0) is 21.6. The highest BCUT2D eigenvalue weighted by atomic mass is 16.2. The lowest BCUT2D eigenvalue weighted by Gasteiger charge is -2.32. The van der Waals surface area contributed by atoms with Crippen LogP contribution in [-0.4, -0.2) is 47.9 Å². The molecule has 0 aliphatic carbocycles. The lowest BCUT2D eigenvalue weighted by Crippen LogP contribution is -2.41. The number of hydrogen-bond donors (Lipinski definition) is 1. The van der Waals surface area contributed by atoms with Crippen LogP contribution in [0.5, 0.6) is 0 Å². The number of anilines is 1. The van der Waals surface area contributed by atoms with Gasteiger partial charge in [0.25, 0.3) is 5.91 Å². The molecule has 2 aliphatic heterocycles. The standard InChI is InChI=1S/C25H32N4O2/c1-19-5-7-20(8-6-19)18-27-24(30)21-10-15-28(16-11-21)23-17-22(9-12-26-23)25(31)29-13-3-2-4-14-29/h5-9,12,17,21H,2-4,10-11,13-16,18H2,1H3,(H,27,30). The minimum Gasteiger partial charge on any atom is -0.357 e. The van der Waals surface area contributed by atoms with Crippen molar-refractivity contribution < 1.29 is 9.59 Å². The molecule has 1 N–H and O–H groups in total. The zero-order valence-corrected chi connectivity index (χ0v) is 18.3. The maximum atomic E-state index is 12.8. The first-order valence-electron chi connectivity index (χ1n) is 11.4. The average Bonchev–Trinajstić information content (AvgIpc) is 2.84. The smallest absolute Gasteiger partial charge is 0.254 e. The molecule has 4 rings (SSSR count). The second-order valence-corrected chi connectivity index (χ2v) is 8.72. The summed E-state index contributed by atoms with van der Waals surface area (Å²) in [6.45, 7) is 5.87. The summed E-state index contributed by atoms with van der Waals surface area (Å²) >= 11 is 0. The van der Waals surface area contributed by atoms with E-state index < -0.39 is 0 Å². The van der Waals surface area contributed by atoms with Gasteiger partial charge in [0.15, 0.2) is 0 Å². The molecule has 0 saturated carbocycles. The molecule has 31 heavy (non-hydrogen) atoms. The Morgan fingerprint density at radius 2 is 1.71 bits per heavy atom. The predicted octanol–water partition coefficient (Wildman–Crippen LogP) is 3.55. The van der Waals surface area contributed by atoms with Gasteiger partial charge < -0.3 is 15.1 Å². The molecular weight excluding hydrogens is 388 g/mol. The van der Waals surface area contributed by atoms with Gasteiger partial charge in [0.05, 0.1) is 0 Å². The third kappa shape index (κ3) is 5.43. The van der Waals surface area contributed by atoms with Gasteiger partial charge in [-0.2, -0.15) is 0 Å². The van der Waals surface area contributed by atoms with E-state index in [1.165, 1.54) is 12.0 Å². The summed E-state index contributed by atoms with van der Waals surface area (Å²) < 4.78 is 0. The first-order chi connectivity index (χ1) is 15.1. The van der Waals surface area contributed by atoms with Crippen molar-refractivity contribution in [2.45, 2.75) is 45.6 Å². The number of rotatable bonds is 5. The predicted molar refractivity (Wildman–Crippen MR) is 122 cm³/mol. The SMILES string of the molecule is Cc1ccc(CNC(=O)C2CCN(c3cc(C(=O)N4CCCCC4)ccn3)CC2)cc1. The second-order valence-electron chi connectivity index (χ2n) is 8.72. The fourth-order valence-corrected chi connectivity index (χ4v) is 4.41. The van der Waals surface area contributed by atoms with E-state index in [1.54, 1.807) is 6.20 Å². The highest BCUT2D eigenvalue weighted by Gasteiger charge is 2.26. The molecule has 0 bridgehead atoms. The van der Waals surface area contributed by atoms with Crippen LogP contribution >= 0.6 is 0 Å². The number of aryl methyl sites for hydroxylation is 1. The number of nitrogens with zero attached hydrogens (tertiary/aromatic N) is 3. The van der Waals surface area contributed by atoms with Gasteiger partial charge in [-0.15, -0.1) is 0 Å². The number of carbonyl (C=O) groups excluding carboxylic acids is 2. The summed E-state index contributed by atoms with van der Waals surface area (Å²) in [5.41, 5.74) is 3.05. The van der Waals surface area contributed by atoms with Crippen LogP contribution in [0.2, 0.25) is 0 Å². The molecule has 2 fully saturated rings. The molecule has 1 aromatic heterocycles. The van der Waals surface area contributed by atoms with Gasteiger partial charge in [-0.3, -0.25) is 9.59 Å². The molecule has 6 nitrogen and oxygen atoms in total. The molecule has 2 amide bonds. The lowest BCUT2D eigenvalue weighted by atomic mass is 9.95. The Hall–Kier alpha value is -2.89. The van der Waals surface area contributed by atoms with Crippen LogP contribution in [0, 0.1) is 12.8 Å². The minimum atomic E-state index is 0.0277. The summed E-state index contributed by atoms with van der Waals surface area (Å²) in [5.74, 6) is 1.09. The van der Waals surface area contributed by atoms with Crippen LogP contribution in [-0.2, 0) is 11.3 Å². The molecule has 164 valence electrons. The number of piperidine rings is 2. The first kappa shape index (κ1) is 21.3. The van der Waals surface area contributed by atoms with Crippen LogP contribution in [0.4, 0.5) is 5.82 Å². The van der Waals surface area contributed by atoms with E-state index in [1.807, 2.05) is 17.0 Å². The van der Waals surface area contributed by atoms with Gasteiger partial charge in [0.2, 0.25) is 5.91 Å². The van der Waals surface area contributed by atoms with Gasteiger partial charge in [0.1, 0.15) is 5.82 Å². The van der Waals surface area contributed by atoms with E-state index in [0.717, 1.165) is 63.2 Å². The molecule has 0 radical (unpaired) electrons. The van der Waals surface area contributed by atoms with Crippen molar-refractivity contribution in [2.24, 2.45) is 5.92 Å². The number of hydrogen-bond acceptors (Lipinski definition) is 4. The zero-order valence-electron chi connectivity index (χ0n) is 18.3. The lowest BCUT2D eigenvalue weighted by molar-refractivity contribution is -0.125. The number of likely N-dealkylation sites (tertiary alicyclic amines) is 1. The number of benzene rings is 1. The molecular formula is C25H32N4O2. The Kier molecular flexibility index (Phi) is 6.85. The number of pyridine rings is 1. The third-order valence-corrected chi connectivity index (χ3v) is 6.41. The highest BCUT2D eigenvalue weighted by Crippen LogP contribution is 2.23. The largest absolute Gasteiger partial charge is 0.357 e. The van der Waals surface area contributed by atoms with Crippen LogP contribution in [0.25, 0.3) is 0 Å². The minimum absolute atomic E-state index is 0.0277. The molecule has 2 aromatic rings. The van der Waals surface area contributed by atoms with Gasteiger partial charge >= 0.3 is 0 Å². The van der Waals surface area contributed by atoms with Crippen molar-refractivity contribution in [3.8, 4) is 0 Å². The summed E-state index contributed by atoms with van der Waals surface area (Å²) in [6, 6.07) is 12.0. The van der Waals surface area contributed by atoms with Gasteiger partial charge in [-0.25, -0.2) is 4.98 Å². The van der Waals surface area contributed by atoms with E-state index in [4.69, 9.17) is 0 Å². The molecule has 1 aromatic carbocycles. The molecule has 2 saturated heterocycles. The van der Waals surface area contributed by atoms with Crippen molar-refractivity contribution in [3.05, 3.63) is 59.3 Å². The van der Waals surface area contributed by atoms with Gasteiger partial charge in [-0.05, 0) is 56.7 Å². The van der Waals surface area contributed by atoms with E-state index in [2.05, 4.69) is 46.4 Å². The first-order valence-corrected chi connectivity index (χ1v) is 11.4. The van der Waals surface area contributed by atoms with Crippen molar-refractivity contribution in [3.63, 3.8) is 0 Å². The van der Waals surface area contributed by atoms with Crippen LogP contribution in [0.3, 0.4) is 0 Å². The summed E-state index contributed by atoms with van der Waals surface area (Å²) in [7, 11) is 0. The number of aromatic nitrogens is 1. The van der Waals surface area contributed by atoms with E-state index >= 15 is 0 Å². The highest BCUT2D eigenvalue weighted by molar-refractivity contribution is 5.95. The van der Waals surface area contributed by atoms with E-state index in [0.29, 0.717) is 12.1 Å². The van der Waals surface area contributed by atoms with E-state index in [9.17, 15) is 9.59 Å². The monoisotopic (exact) mass is 420 g/mol. The van der Waals surface area contributed by atoms with Crippen molar-refractivity contribution in [1.29, 1.82) is 0 Å². The molecule has 0 atom stereocenters. The van der Waals surface area contributed by atoms with Crippen molar-refractivity contribution in [1.82, 2.24) is 15.2 Å². The Labute approximate surface area is 184 Å². The van der Waals surface area contributed by atoms with Gasteiger partial charge in [0, 0.05) is 50.4 Å². The van der Waals surface area contributed by atoms with Crippen molar-refractivity contribution >= 4 is 17.6 Å². The Bertz CT molecular complexity index is 898. The molecule has 0 spiro atoms. The maximum absolute atomic E-state index is 12.8. The topological polar surface area (TPSA) is 65.5 Å². The third-order valence-electron chi connectivity index (χ3n) is 6.41. The van der Waals surface area contributed by atoms with Crippen LogP contribution in [0.15, 0.2) is 42.6 Å². The van der Waals surface area contributed by atoms with Crippen molar-refractivity contribution in [2.75, 3.05) is 31.1 Å². The normalized spacial score (nSPS) is 17.5. The van der Waals surface area contributed by atoms with Gasteiger partial charge in [-0.1, -0.05) is 29.8 Å². The number of carbonyl (C=O) groups is 2. The van der Waals surface area contributed by atoms with Crippen LogP contribution in [0.1, 0.15) is 53.6 Å². The molecule has 0 unspecified atom stereocenters. The summed E-state index contributed by atoms with van der Waals surface area (Å²) in [5, 5.41) is 3.08. The molecule has 2 aliphatic rings. The Balaban J connectivity index is 1.29. The number of amides is 2. The Morgan fingerprint density at radius 3 is 2.42 bits per heavy atom. The second kappa shape index (κ2) is 9.94. The summed E-state index contributed by atoms with van der Waals surface area (Å²) in [4.78, 5) is 34.1. The fraction of sp³-hybridized carbons (Fsp3) is 0.480. The Morgan fingerprint density at radius 1 is 1.00 bits per heavy atom. The fourth-order valence-electron chi connectivity index (χ4n) is 4.41.